The highest BCUT2D eigenvalue weighted by Gasteiger charge is 2.27. The van der Waals surface area contributed by atoms with Crippen LogP contribution in [0, 0.1) is 13.8 Å². The van der Waals surface area contributed by atoms with E-state index in [0.29, 0.717) is 6.10 Å². The molecule has 0 spiro atoms. The second-order valence-electron chi connectivity index (χ2n) is 6.05. The Morgan fingerprint density at radius 2 is 2.00 bits per heavy atom. The highest BCUT2D eigenvalue weighted by Crippen LogP contribution is 2.20. The molecule has 1 saturated heterocycles. The van der Waals surface area contributed by atoms with Crippen molar-refractivity contribution in [3.8, 4) is 0 Å². The molecule has 0 bridgehead atoms. The molecule has 1 fully saturated rings. The van der Waals surface area contributed by atoms with Crippen molar-refractivity contribution >= 4 is 5.78 Å². The van der Waals surface area contributed by atoms with Crippen LogP contribution in [-0.2, 0) is 4.74 Å². The van der Waals surface area contributed by atoms with Gasteiger partial charge in [-0.15, -0.1) is 0 Å². The van der Waals surface area contributed by atoms with E-state index in [-0.39, 0.29) is 11.8 Å². The Morgan fingerprint density at radius 1 is 1.33 bits per heavy atom. The number of rotatable bonds is 5. The van der Waals surface area contributed by atoms with Crippen molar-refractivity contribution in [2.45, 2.75) is 52.7 Å². The molecule has 1 aromatic carbocycles. The van der Waals surface area contributed by atoms with Crippen LogP contribution in [0.15, 0.2) is 18.2 Å². The maximum absolute atomic E-state index is 12.8. The Bertz CT molecular complexity index is 490. The molecule has 1 unspecified atom stereocenters. The Kier molecular flexibility index (Phi) is 5.54. The summed E-state index contributed by atoms with van der Waals surface area (Å²) in [5.41, 5.74) is 3.09. The first-order valence-corrected chi connectivity index (χ1v) is 8.00. The van der Waals surface area contributed by atoms with Gasteiger partial charge in [0.1, 0.15) is 0 Å². The fourth-order valence-electron chi connectivity index (χ4n) is 3.06. The number of benzene rings is 1. The summed E-state index contributed by atoms with van der Waals surface area (Å²) in [6.45, 7) is 10.8. The van der Waals surface area contributed by atoms with Crippen molar-refractivity contribution in [1.29, 1.82) is 0 Å². The highest BCUT2D eigenvalue weighted by molar-refractivity contribution is 6.01. The zero-order valence-corrected chi connectivity index (χ0v) is 13.7. The maximum atomic E-state index is 12.8. The molecule has 1 aliphatic rings. The van der Waals surface area contributed by atoms with Crippen molar-refractivity contribution in [2.24, 2.45) is 0 Å². The number of ether oxygens (including phenoxy) is 1. The molecule has 0 amide bonds. The van der Waals surface area contributed by atoms with Gasteiger partial charge in [-0.05, 0) is 52.2 Å². The topological polar surface area (TPSA) is 29.5 Å². The summed E-state index contributed by atoms with van der Waals surface area (Å²) < 4.78 is 5.68. The second-order valence-corrected chi connectivity index (χ2v) is 6.05. The minimum Gasteiger partial charge on any atom is -0.378 e. The Labute approximate surface area is 128 Å². The molecule has 3 nitrogen and oxygen atoms in total. The van der Waals surface area contributed by atoms with Gasteiger partial charge in [-0.2, -0.15) is 0 Å². The van der Waals surface area contributed by atoms with Crippen molar-refractivity contribution < 1.29 is 9.53 Å². The SMILES string of the molecule is CCOC1CCN(C(C)C(=O)c2cc(C)ccc2C)CC1. The van der Waals surface area contributed by atoms with Crippen LogP contribution in [-0.4, -0.2) is 42.5 Å². The van der Waals surface area contributed by atoms with Crippen molar-refractivity contribution in [1.82, 2.24) is 4.90 Å². The largest absolute Gasteiger partial charge is 0.378 e. The lowest BCUT2D eigenvalue weighted by Gasteiger charge is -2.35. The molecule has 2 rings (SSSR count). The van der Waals surface area contributed by atoms with Gasteiger partial charge in [-0.1, -0.05) is 17.7 Å². The molecule has 1 aromatic rings. The summed E-state index contributed by atoms with van der Waals surface area (Å²) in [6.07, 6.45) is 2.42. The van der Waals surface area contributed by atoms with Crippen LogP contribution in [0.25, 0.3) is 0 Å². The summed E-state index contributed by atoms with van der Waals surface area (Å²) in [6, 6.07) is 6.07. The van der Waals surface area contributed by atoms with Gasteiger partial charge in [-0.3, -0.25) is 9.69 Å². The predicted molar refractivity (Wildman–Crippen MR) is 85.9 cm³/mol. The molecule has 0 aliphatic carbocycles. The zero-order chi connectivity index (χ0) is 15.4. The summed E-state index contributed by atoms with van der Waals surface area (Å²) in [4.78, 5) is 15.0. The van der Waals surface area contributed by atoms with Crippen LogP contribution in [0.1, 0.15) is 48.2 Å². The van der Waals surface area contributed by atoms with Crippen LogP contribution in [0.5, 0.6) is 0 Å². The summed E-state index contributed by atoms with van der Waals surface area (Å²) in [5.74, 6) is 0.242. The van der Waals surface area contributed by atoms with Gasteiger partial charge in [0.2, 0.25) is 0 Å². The molecule has 3 heteroatoms. The predicted octanol–water partition coefficient (Wildman–Crippen LogP) is 3.38. The molecule has 21 heavy (non-hydrogen) atoms. The van der Waals surface area contributed by atoms with E-state index < -0.39 is 0 Å². The number of likely N-dealkylation sites (tertiary alicyclic amines) is 1. The molecule has 0 radical (unpaired) electrons. The van der Waals surface area contributed by atoms with Crippen LogP contribution in [0.2, 0.25) is 0 Å². The van der Waals surface area contributed by atoms with Crippen LogP contribution >= 0.6 is 0 Å². The molecule has 1 atom stereocenters. The van der Waals surface area contributed by atoms with Crippen LogP contribution in [0.4, 0.5) is 0 Å². The van der Waals surface area contributed by atoms with Gasteiger partial charge < -0.3 is 4.74 Å². The third-order valence-electron chi connectivity index (χ3n) is 4.46. The number of hydrogen-bond acceptors (Lipinski definition) is 3. The molecule has 0 aromatic heterocycles. The average Bonchev–Trinajstić information content (AvgIpc) is 2.49. The van der Waals surface area contributed by atoms with E-state index in [9.17, 15) is 4.79 Å². The lowest BCUT2D eigenvalue weighted by molar-refractivity contribution is 0.00676. The minimum atomic E-state index is -0.0481. The Balaban J connectivity index is 2.01. The lowest BCUT2D eigenvalue weighted by Crippen LogP contribution is -2.45. The van der Waals surface area contributed by atoms with Crippen molar-refractivity contribution in [2.75, 3.05) is 19.7 Å². The third kappa shape index (κ3) is 3.92. The fraction of sp³-hybridized carbons (Fsp3) is 0.611. The zero-order valence-electron chi connectivity index (χ0n) is 13.7. The molecule has 0 saturated carbocycles. The number of Topliss-reactive ketones (excluding diaryl/α,β-unsaturated/α-hetero) is 1. The number of piperidine rings is 1. The standard InChI is InChI=1S/C18H27NO2/c1-5-21-16-8-10-19(11-9-16)15(4)18(20)17-12-13(2)6-7-14(17)3/h6-7,12,15-16H,5,8-11H2,1-4H3. The number of carbonyl (C=O) groups excluding carboxylic acids is 1. The normalized spacial score (nSPS) is 18.7. The maximum Gasteiger partial charge on any atom is 0.179 e. The van der Waals surface area contributed by atoms with Crippen molar-refractivity contribution in [3.63, 3.8) is 0 Å². The fourth-order valence-corrected chi connectivity index (χ4v) is 3.06. The smallest absolute Gasteiger partial charge is 0.179 e. The first kappa shape index (κ1) is 16.2. The van der Waals surface area contributed by atoms with E-state index in [1.165, 1.54) is 0 Å². The van der Waals surface area contributed by atoms with E-state index in [1.807, 2.05) is 39.8 Å². The molecule has 116 valence electrons. The van der Waals surface area contributed by atoms with Gasteiger partial charge in [0, 0.05) is 25.3 Å². The van der Waals surface area contributed by atoms with E-state index in [1.54, 1.807) is 0 Å². The first-order valence-electron chi connectivity index (χ1n) is 8.00. The second kappa shape index (κ2) is 7.19. The quantitative estimate of drug-likeness (QED) is 0.778. The van der Waals surface area contributed by atoms with Gasteiger partial charge in [0.05, 0.1) is 12.1 Å². The summed E-state index contributed by atoms with van der Waals surface area (Å²) in [5, 5.41) is 0. The highest BCUT2D eigenvalue weighted by atomic mass is 16.5. The Hall–Kier alpha value is -1.19. The van der Waals surface area contributed by atoms with Gasteiger partial charge in [0.15, 0.2) is 5.78 Å². The molecule has 1 aliphatic heterocycles. The number of aryl methyl sites for hydroxylation is 2. The van der Waals surface area contributed by atoms with Gasteiger partial charge >= 0.3 is 0 Å². The van der Waals surface area contributed by atoms with Gasteiger partial charge in [-0.25, -0.2) is 0 Å². The molecule has 1 heterocycles. The van der Waals surface area contributed by atoms with Gasteiger partial charge in [0.25, 0.3) is 0 Å². The molecular weight excluding hydrogens is 262 g/mol. The number of carbonyl (C=O) groups is 1. The number of hydrogen-bond donors (Lipinski definition) is 0. The van der Waals surface area contributed by atoms with E-state index in [4.69, 9.17) is 4.74 Å². The third-order valence-corrected chi connectivity index (χ3v) is 4.46. The molecule has 0 N–H and O–H groups in total. The van der Waals surface area contributed by atoms with Crippen LogP contribution in [0.3, 0.4) is 0 Å². The summed E-state index contributed by atoms with van der Waals surface area (Å²) in [7, 11) is 0. The minimum absolute atomic E-state index is 0.0481. The van der Waals surface area contributed by atoms with E-state index in [2.05, 4.69) is 11.0 Å². The monoisotopic (exact) mass is 289 g/mol. The van der Waals surface area contributed by atoms with E-state index in [0.717, 1.165) is 49.2 Å². The van der Waals surface area contributed by atoms with E-state index >= 15 is 0 Å². The van der Waals surface area contributed by atoms with Crippen LogP contribution < -0.4 is 0 Å². The Morgan fingerprint density at radius 3 is 2.62 bits per heavy atom. The number of ketones is 1. The average molecular weight is 289 g/mol. The first-order chi connectivity index (χ1) is 10.0. The summed E-state index contributed by atoms with van der Waals surface area (Å²) >= 11 is 0. The number of nitrogens with zero attached hydrogens (tertiary/aromatic N) is 1. The lowest BCUT2D eigenvalue weighted by atomic mass is 9.96. The molecular formula is C18H27NO2. The van der Waals surface area contributed by atoms with Crippen molar-refractivity contribution in [3.05, 3.63) is 34.9 Å².